The number of rotatable bonds is 3. The topological polar surface area (TPSA) is 50.8 Å². The standard InChI is InChI=1S/C17H24N2O3/c1-13-12-19(8-10-21-13)17(20)18-11-15-7-9-22-16(15)14-5-3-2-4-6-14/h2-6,13,15-16H,7-12H2,1H3,(H,18,20)/t13-,15+,16+/m1/s1. The molecule has 0 saturated carbocycles. The fourth-order valence-corrected chi connectivity index (χ4v) is 3.19. The largest absolute Gasteiger partial charge is 0.375 e. The van der Waals surface area contributed by atoms with E-state index in [0.717, 1.165) is 13.0 Å². The third-order valence-electron chi connectivity index (χ3n) is 4.39. The molecule has 0 aliphatic carbocycles. The molecule has 1 N–H and O–H groups in total. The molecule has 2 amide bonds. The molecule has 0 unspecified atom stereocenters. The van der Waals surface area contributed by atoms with Gasteiger partial charge in [0.2, 0.25) is 0 Å². The van der Waals surface area contributed by atoms with Crippen molar-refractivity contribution in [2.75, 3.05) is 32.8 Å². The minimum absolute atomic E-state index is 0.00821. The monoisotopic (exact) mass is 304 g/mol. The summed E-state index contributed by atoms with van der Waals surface area (Å²) in [4.78, 5) is 14.1. The summed E-state index contributed by atoms with van der Waals surface area (Å²) in [7, 11) is 0. The predicted octanol–water partition coefficient (Wildman–Crippen LogP) is 2.19. The highest BCUT2D eigenvalue weighted by atomic mass is 16.5. The summed E-state index contributed by atoms with van der Waals surface area (Å²) in [5.74, 6) is 0.338. The zero-order valence-corrected chi connectivity index (χ0v) is 13.0. The summed E-state index contributed by atoms with van der Waals surface area (Å²) in [5, 5.41) is 3.07. The van der Waals surface area contributed by atoms with Gasteiger partial charge in [0, 0.05) is 32.2 Å². The summed E-state index contributed by atoms with van der Waals surface area (Å²) in [6.45, 7) is 5.36. The molecular formula is C17H24N2O3. The van der Waals surface area contributed by atoms with Crippen LogP contribution < -0.4 is 5.32 Å². The predicted molar refractivity (Wildman–Crippen MR) is 83.6 cm³/mol. The van der Waals surface area contributed by atoms with Crippen LogP contribution in [0.5, 0.6) is 0 Å². The number of hydrogen-bond acceptors (Lipinski definition) is 3. The van der Waals surface area contributed by atoms with E-state index >= 15 is 0 Å². The Hall–Kier alpha value is -1.59. The van der Waals surface area contributed by atoms with Crippen LogP contribution in [0.3, 0.4) is 0 Å². The lowest BCUT2D eigenvalue weighted by molar-refractivity contribution is -0.00374. The molecule has 0 bridgehead atoms. The van der Waals surface area contributed by atoms with Gasteiger partial charge in [-0.05, 0) is 18.9 Å². The Morgan fingerprint density at radius 1 is 1.27 bits per heavy atom. The van der Waals surface area contributed by atoms with Crippen LogP contribution in [0, 0.1) is 5.92 Å². The number of benzene rings is 1. The van der Waals surface area contributed by atoms with E-state index in [1.54, 1.807) is 0 Å². The van der Waals surface area contributed by atoms with Crippen molar-refractivity contribution in [1.29, 1.82) is 0 Å². The van der Waals surface area contributed by atoms with Crippen molar-refractivity contribution in [3.8, 4) is 0 Å². The summed E-state index contributed by atoms with van der Waals surface area (Å²) in [6.07, 6.45) is 1.19. The third-order valence-corrected chi connectivity index (χ3v) is 4.39. The maximum Gasteiger partial charge on any atom is 0.317 e. The van der Waals surface area contributed by atoms with Crippen LogP contribution in [0.4, 0.5) is 4.79 Å². The van der Waals surface area contributed by atoms with Crippen LogP contribution in [-0.4, -0.2) is 49.9 Å². The third kappa shape index (κ3) is 3.59. The molecule has 2 aliphatic heterocycles. The van der Waals surface area contributed by atoms with Crippen LogP contribution in [-0.2, 0) is 9.47 Å². The Morgan fingerprint density at radius 3 is 2.86 bits per heavy atom. The Bertz CT molecular complexity index is 494. The first kappa shape index (κ1) is 15.3. The summed E-state index contributed by atoms with van der Waals surface area (Å²) < 4.78 is 11.3. The summed E-state index contributed by atoms with van der Waals surface area (Å²) in [6, 6.07) is 10.3. The van der Waals surface area contributed by atoms with E-state index in [1.165, 1.54) is 5.56 Å². The average molecular weight is 304 g/mol. The molecule has 3 atom stereocenters. The molecule has 5 heteroatoms. The van der Waals surface area contributed by atoms with Crippen LogP contribution in [0.25, 0.3) is 0 Å². The van der Waals surface area contributed by atoms with E-state index in [0.29, 0.717) is 32.2 Å². The number of nitrogens with zero attached hydrogens (tertiary/aromatic N) is 1. The van der Waals surface area contributed by atoms with Gasteiger partial charge in [-0.1, -0.05) is 30.3 Å². The number of hydrogen-bond donors (Lipinski definition) is 1. The average Bonchev–Trinajstić information content (AvgIpc) is 3.02. The lowest BCUT2D eigenvalue weighted by Gasteiger charge is -2.31. The van der Waals surface area contributed by atoms with Crippen molar-refractivity contribution in [2.24, 2.45) is 5.92 Å². The molecule has 1 aromatic rings. The maximum absolute atomic E-state index is 12.3. The molecule has 2 aliphatic rings. The van der Waals surface area contributed by atoms with Gasteiger partial charge < -0.3 is 19.7 Å². The van der Waals surface area contributed by atoms with Crippen molar-refractivity contribution in [3.63, 3.8) is 0 Å². The molecule has 5 nitrogen and oxygen atoms in total. The van der Waals surface area contributed by atoms with Crippen LogP contribution in [0.1, 0.15) is 25.0 Å². The van der Waals surface area contributed by atoms with Gasteiger partial charge in [0.05, 0.1) is 18.8 Å². The van der Waals surface area contributed by atoms with Crippen LogP contribution >= 0.6 is 0 Å². The second-order valence-electron chi connectivity index (χ2n) is 6.06. The van der Waals surface area contributed by atoms with Gasteiger partial charge in [-0.2, -0.15) is 0 Å². The van der Waals surface area contributed by atoms with Crippen molar-refractivity contribution >= 4 is 6.03 Å². The Kier molecular flexibility index (Phi) is 4.95. The SMILES string of the molecule is C[C@@H]1CN(C(=O)NC[C@@H]2CCO[C@H]2c2ccccc2)CCO1. The quantitative estimate of drug-likeness (QED) is 0.931. The number of ether oxygens (including phenoxy) is 2. The van der Waals surface area contributed by atoms with E-state index < -0.39 is 0 Å². The van der Waals surface area contributed by atoms with Gasteiger partial charge in [0.15, 0.2) is 0 Å². The smallest absolute Gasteiger partial charge is 0.317 e. The Morgan fingerprint density at radius 2 is 2.09 bits per heavy atom. The minimum Gasteiger partial charge on any atom is -0.375 e. The van der Waals surface area contributed by atoms with Gasteiger partial charge >= 0.3 is 6.03 Å². The lowest BCUT2D eigenvalue weighted by Crippen LogP contribution is -2.49. The molecule has 2 heterocycles. The van der Waals surface area contributed by atoms with Crippen molar-refractivity contribution in [3.05, 3.63) is 35.9 Å². The molecule has 22 heavy (non-hydrogen) atoms. The maximum atomic E-state index is 12.3. The highest BCUT2D eigenvalue weighted by molar-refractivity contribution is 5.74. The van der Waals surface area contributed by atoms with Gasteiger partial charge in [0.25, 0.3) is 0 Å². The molecule has 0 spiro atoms. The zero-order valence-electron chi connectivity index (χ0n) is 13.0. The molecule has 0 aromatic heterocycles. The van der Waals surface area contributed by atoms with Crippen molar-refractivity contribution < 1.29 is 14.3 Å². The number of amides is 2. The molecule has 2 saturated heterocycles. The number of urea groups is 1. The van der Waals surface area contributed by atoms with Gasteiger partial charge in [0.1, 0.15) is 0 Å². The van der Waals surface area contributed by atoms with E-state index in [2.05, 4.69) is 17.4 Å². The fourth-order valence-electron chi connectivity index (χ4n) is 3.19. The van der Waals surface area contributed by atoms with E-state index in [-0.39, 0.29) is 18.2 Å². The van der Waals surface area contributed by atoms with Crippen molar-refractivity contribution in [2.45, 2.75) is 25.6 Å². The molecule has 0 radical (unpaired) electrons. The first-order valence-corrected chi connectivity index (χ1v) is 8.05. The van der Waals surface area contributed by atoms with E-state index in [4.69, 9.17) is 9.47 Å². The van der Waals surface area contributed by atoms with Gasteiger partial charge in [-0.25, -0.2) is 4.79 Å². The Labute approximate surface area is 131 Å². The van der Waals surface area contributed by atoms with E-state index in [1.807, 2.05) is 30.0 Å². The van der Waals surface area contributed by atoms with Crippen molar-refractivity contribution in [1.82, 2.24) is 10.2 Å². The normalized spacial score (nSPS) is 28.6. The van der Waals surface area contributed by atoms with Gasteiger partial charge in [-0.3, -0.25) is 0 Å². The second-order valence-corrected chi connectivity index (χ2v) is 6.06. The zero-order chi connectivity index (χ0) is 15.4. The first-order valence-electron chi connectivity index (χ1n) is 8.05. The van der Waals surface area contributed by atoms with Crippen LogP contribution in [0.2, 0.25) is 0 Å². The highest BCUT2D eigenvalue weighted by Crippen LogP contribution is 2.33. The number of carbonyl (C=O) groups excluding carboxylic acids is 1. The first-order chi connectivity index (χ1) is 10.7. The second kappa shape index (κ2) is 7.11. The summed E-state index contributed by atoms with van der Waals surface area (Å²) in [5.41, 5.74) is 1.19. The number of nitrogens with one attached hydrogen (secondary N) is 1. The molecule has 120 valence electrons. The minimum atomic E-state index is 0.00821. The molecule has 3 rings (SSSR count). The van der Waals surface area contributed by atoms with Gasteiger partial charge in [-0.15, -0.1) is 0 Å². The number of morpholine rings is 1. The molecular weight excluding hydrogens is 280 g/mol. The number of carbonyl (C=O) groups is 1. The van der Waals surface area contributed by atoms with E-state index in [9.17, 15) is 4.79 Å². The lowest BCUT2D eigenvalue weighted by atomic mass is 9.95. The molecule has 2 fully saturated rings. The fraction of sp³-hybridized carbons (Fsp3) is 0.588. The Balaban J connectivity index is 1.53. The highest BCUT2D eigenvalue weighted by Gasteiger charge is 2.30. The van der Waals surface area contributed by atoms with Crippen LogP contribution in [0.15, 0.2) is 30.3 Å². The molecule has 1 aromatic carbocycles. The summed E-state index contributed by atoms with van der Waals surface area (Å²) >= 11 is 0.